The zero-order chi connectivity index (χ0) is 13.0. The Morgan fingerprint density at radius 3 is 2.12 bits per heavy atom. The second kappa shape index (κ2) is 5.98. The number of sulfone groups is 1. The van der Waals surface area contributed by atoms with Gasteiger partial charge in [0.05, 0.1) is 5.75 Å². The normalized spacial score (nSPS) is 15.4. The maximum atomic E-state index is 11.1. The molecule has 0 aromatic rings. The van der Waals surface area contributed by atoms with Crippen LogP contribution < -0.4 is 5.73 Å². The lowest BCUT2D eigenvalue weighted by atomic mass is 9.87. The van der Waals surface area contributed by atoms with Crippen LogP contribution in [0.1, 0.15) is 27.2 Å². The molecule has 0 aliphatic heterocycles. The summed E-state index contributed by atoms with van der Waals surface area (Å²) in [5.74, 6) is 0.199. The predicted octanol–water partition coefficient (Wildman–Crippen LogP) is 0.726. The Bertz CT molecular complexity index is 294. The van der Waals surface area contributed by atoms with Crippen LogP contribution >= 0.6 is 0 Å². The fraction of sp³-hybridized carbons (Fsp3) is 1.00. The van der Waals surface area contributed by atoms with Gasteiger partial charge in [0.25, 0.3) is 0 Å². The molecule has 0 radical (unpaired) electrons. The lowest BCUT2D eigenvalue weighted by molar-refractivity contribution is 0.191. The van der Waals surface area contributed by atoms with Gasteiger partial charge in [-0.1, -0.05) is 20.8 Å². The van der Waals surface area contributed by atoms with Crippen LogP contribution in [0, 0.1) is 5.41 Å². The summed E-state index contributed by atoms with van der Waals surface area (Å²) in [6, 6.07) is 0.252. The Kier molecular flexibility index (Phi) is 5.93. The monoisotopic (exact) mass is 250 g/mol. The van der Waals surface area contributed by atoms with Gasteiger partial charge in [0, 0.05) is 25.4 Å². The first-order chi connectivity index (χ1) is 7.05. The van der Waals surface area contributed by atoms with Crippen LogP contribution in [0.25, 0.3) is 0 Å². The quantitative estimate of drug-likeness (QED) is 0.755. The maximum absolute atomic E-state index is 11.1. The lowest BCUT2D eigenvalue weighted by Crippen LogP contribution is -2.42. The van der Waals surface area contributed by atoms with E-state index in [9.17, 15) is 8.42 Å². The molecule has 0 spiro atoms. The third kappa shape index (κ3) is 8.07. The van der Waals surface area contributed by atoms with Gasteiger partial charge in [0.15, 0.2) is 0 Å². The Morgan fingerprint density at radius 1 is 1.31 bits per heavy atom. The second-order valence-corrected chi connectivity index (χ2v) is 8.02. The van der Waals surface area contributed by atoms with Gasteiger partial charge >= 0.3 is 0 Å². The van der Waals surface area contributed by atoms with Crippen molar-refractivity contribution in [2.24, 2.45) is 11.1 Å². The molecule has 0 aliphatic carbocycles. The van der Waals surface area contributed by atoms with E-state index in [1.54, 1.807) is 0 Å². The highest BCUT2D eigenvalue weighted by Crippen LogP contribution is 2.22. The predicted molar refractivity (Wildman–Crippen MR) is 69.3 cm³/mol. The second-order valence-electron chi connectivity index (χ2n) is 5.76. The first-order valence-electron chi connectivity index (χ1n) is 5.63. The van der Waals surface area contributed by atoms with Crippen molar-refractivity contribution < 1.29 is 8.42 Å². The van der Waals surface area contributed by atoms with Gasteiger partial charge in [-0.25, -0.2) is 8.42 Å². The number of rotatable bonds is 6. The molecule has 0 bridgehead atoms. The number of hydrogen-bond donors (Lipinski definition) is 1. The van der Waals surface area contributed by atoms with Crippen LogP contribution in [0.3, 0.4) is 0 Å². The number of nitrogens with zero attached hydrogens (tertiary/aromatic N) is 1. The van der Waals surface area contributed by atoms with Crippen LogP contribution in [0.5, 0.6) is 0 Å². The molecule has 5 heteroatoms. The Hall–Kier alpha value is -0.130. The van der Waals surface area contributed by atoms with Crippen molar-refractivity contribution in [3.05, 3.63) is 0 Å². The maximum Gasteiger partial charge on any atom is 0.148 e. The summed E-state index contributed by atoms with van der Waals surface area (Å²) in [4.78, 5) is 2.05. The smallest absolute Gasteiger partial charge is 0.148 e. The van der Waals surface area contributed by atoms with Gasteiger partial charge < -0.3 is 10.6 Å². The van der Waals surface area contributed by atoms with Crippen molar-refractivity contribution in [1.82, 2.24) is 4.90 Å². The molecule has 2 N–H and O–H groups in total. The highest BCUT2D eigenvalue weighted by Gasteiger charge is 2.21. The number of hydrogen-bond acceptors (Lipinski definition) is 4. The minimum Gasteiger partial charge on any atom is -0.329 e. The van der Waals surface area contributed by atoms with Crippen molar-refractivity contribution in [3.63, 3.8) is 0 Å². The summed E-state index contributed by atoms with van der Waals surface area (Å²) < 4.78 is 22.1. The van der Waals surface area contributed by atoms with E-state index in [0.29, 0.717) is 13.1 Å². The minimum atomic E-state index is -2.89. The van der Waals surface area contributed by atoms with Crippen LogP contribution in [0.4, 0.5) is 0 Å². The lowest BCUT2D eigenvalue weighted by Gasteiger charge is -2.32. The topological polar surface area (TPSA) is 63.4 Å². The molecular formula is C11H26N2O2S. The Morgan fingerprint density at radius 2 is 1.81 bits per heavy atom. The average Bonchev–Trinajstić information content (AvgIpc) is 2.07. The molecule has 0 saturated heterocycles. The highest BCUT2D eigenvalue weighted by atomic mass is 32.2. The standard InChI is InChI=1S/C11H26N2O2S/c1-11(2,3)8-10(9-12)13(4)6-7-16(5,14)15/h10H,6-9,12H2,1-5H3. The van der Waals surface area contributed by atoms with E-state index in [1.807, 2.05) is 11.9 Å². The van der Waals surface area contributed by atoms with Crippen molar-refractivity contribution >= 4 is 9.84 Å². The molecule has 1 atom stereocenters. The molecule has 0 rings (SSSR count). The van der Waals surface area contributed by atoms with Gasteiger partial charge in [-0.3, -0.25) is 0 Å². The van der Waals surface area contributed by atoms with E-state index in [4.69, 9.17) is 5.73 Å². The molecule has 0 saturated carbocycles. The molecule has 4 nitrogen and oxygen atoms in total. The summed E-state index contributed by atoms with van der Waals surface area (Å²) in [6.07, 6.45) is 2.24. The minimum absolute atomic E-state index is 0.199. The van der Waals surface area contributed by atoms with Gasteiger partial charge in [0.1, 0.15) is 9.84 Å². The molecule has 0 amide bonds. The van der Waals surface area contributed by atoms with E-state index in [2.05, 4.69) is 20.8 Å². The fourth-order valence-corrected chi connectivity index (χ4v) is 2.24. The first-order valence-corrected chi connectivity index (χ1v) is 7.69. The van der Waals surface area contributed by atoms with Crippen LogP contribution in [-0.2, 0) is 9.84 Å². The van der Waals surface area contributed by atoms with E-state index < -0.39 is 9.84 Å². The molecule has 0 aromatic heterocycles. The summed E-state index contributed by atoms with van der Waals surface area (Å²) in [6.45, 7) is 7.62. The third-order valence-corrected chi connectivity index (χ3v) is 3.48. The van der Waals surface area contributed by atoms with Gasteiger partial charge in [-0.05, 0) is 18.9 Å². The van der Waals surface area contributed by atoms with Crippen LogP contribution in [0.15, 0.2) is 0 Å². The number of likely N-dealkylation sites (N-methyl/N-ethyl adjacent to an activating group) is 1. The van der Waals surface area contributed by atoms with Gasteiger partial charge in [-0.15, -0.1) is 0 Å². The molecule has 1 unspecified atom stereocenters. The van der Waals surface area contributed by atoms with Crippen molar-refractivity contribution in [3.8, 4) is 0 Å². The molecule has 0 aliphatic rings. The molecule has 0 heterocycles. The van der Waals surface area contributed by atoms with Gasteiger partial charge in [-0.2, -0.15) is 0 Å². The van der Waals surface area contributed by atoms with Crippen LogP contribution in [-0.4, -0.2) is 51.5 Å². The van der Waals surface area contributed by atoms with Crippen molar-refractivity contribution in [2.75, 3.05) is 32.1 Å². The van der Waals surface area contributed by atoms with Crippen molar-refractivity contribution in [1.29, 1.82) is 0 Å². The summed E-state index contributed by atoms with van der Waals surface area (Å²) in [7, 11) is -0.948. The fourth-order valence-electron chi connectivity index (χ4n) is 1.62. The van der Waals surface area contributed by atoms with Crippen LogP contribution in [0.2, 0.25) is 0 Å². The molecule has 0 fully saturated rings. The van der Waals surface area contributed by atoms with E-state index in [-0.39, 0.29) is 17.2 Å². The average molecular weight is 250 g/mol. The molecule has 16 heavy (non-hydrogen) atoms. The van der Waals surface area contributed by atoms with Crippen molar-refractivity contribution in [2.45, 2.75) is 33.2 Å². The Labute approximate surface area is 100 Å². The first kappa shape index (κ1) is 15.9. The highest BCUT2D eigenvalue weighted by molar-refractivity contribution is 7.90. The summed E-state index contributed by atoms with van der Waals surface area (Å²) >= 11 is 0. The molecular weight excluding hydrogens is 224 g/mol. The molecule has 0 aromatic carbocycles. The zero-order valence-corrected chi connectivity index (χ0v) is 12.0. The number of nitrogens with two attached hydrogens (primary N) is 1. The summed E-state index contributed by atoms with van der Waals surface area (Å²) in [5, 5.41) is 0. The zero-order valence-electron chi connectivity index (χ0n) is 11.2. The largest absolute Gasteiger partial charge is 0.329 e. The van der Waals surface area contributed by atoms with E-state index in [1.165, 1.54) is 6.26 Å². The van der Waals surface area contributed by atoms with Gasteiger partial charge in [0.2, 0.25) is 0 Å². The van der Waals surface area contributed by atoms with E-state index in [0.717, 1.165) is 6.42 Å². The van der Waals surface area contributed by atoms with E-state index >= 15 is 0 Å². The summed E-state index contributed by atoms with van der Waals surface area (Å²) in [5.41, 5.74) is 5.94. The Balaban J connectivity index is 4.27. The third-order valence-electron chi connectivity index (χ3n) is 2.56. The molecule has 98 valence electrons. The SMILES string of the molecule is CN(CCS(C)(=O)=O)C(CN)CC(C)(C)C.